The molecule has 0 unspecified atom stereocenters. The van der Waals surface area contributed by atoms with Crippen LogP contribution < -0.4 is 10.6 Å². The zero-order chi connectivity index (χ0) is 10.8. The van der Waals surface area contributed by atoms with Gasteiger partial charge in [-0.1, -0.05) is 18.2 Å². The summed E-state index contributed by atoms with van der Waals surface area (Å²) in [5, 5.41) is 14.6. The van der Waals surface area contributed by atoms with Crippen molar-refractivity contribution in [3.05, 3.63) is 29.8 Å². The second-order valence-corrected chi connectivity index (χ2v) is 3.87. The first kappa shape index (κ1) is 9.83. The summed E-state index contributed by atoms with van der Waals surface area (Å²) in [5.41, 5.74) is 2.05. The minimum atomic E-state index is -0.969. The highest BCUT2D eigenvalue weighted by atomic mass is 16.4. The number of nitrogens with one attached hydrogen (secondary N) is 2. The molecule has 0 radical (unpaired) electrons. The Morgan fingerprint density at radius 3 is 3.00 bits per heavy atom. The molecule has 0 spiro atoms. The molecule has 1 aromatic rings. The zero-order valence-electron chi connectivity index (χ0n) is 8.53. The maximum absolute atomic E-state index is 10.7. The Balaban J connectivity index is 2.29. The summed E-state index contributed by atoms with van der Waals surface area (Å²) < 4.78 is 0. The monoisotopic (exact) mass is 206 g/mol. The van der Waals surface area contributed by atoms with Gasteiger partial charge in [0.25, 0.3) is 0 Å². The van der Waals surface area contributed by atoms with E-state index in [0.717, 1.165) is 17.7 Å². The normalized spacial score (nSPS) is 23.8. The predicted octanol–water partition coefficient (Wildman–Crippen LogP) is 2.20. The number of hydrogen-bond donors (Lipinski definition) is 3. The molecule has 4 heteroatoms. The molecule has 0 saturated carbocycles. The number of amides is 1. The first-order valence-electron chi connectivity index (χ1n) is 5.01. The first-order chi connectivity index (χ1) is 7.16. The summed E-state index contributed by atoms with van der Waals surface area (Å²) in [6, 6.07) is 7.98. The average molecular weight is 206 g/mol. The number of carbonyl (C=O) groups is 1. The molecule has 15 heavy (non-hydrogen) atoms. The third-order valence-electron chi connectivity index (χ3n) is 2.63. The molecule has 1 aromatic carbocycles. The van der Waals surface area contributed by atoms with Crippen LogP contribution in [0.2, 0.25) is 0 Å². The fraction of sp³-hybridized carbons (Fsp3) is 0.364. The second-order valence-electron chi connectivity index (χ2n) is 3.87. The van der Waals surface area contributed by atoms with Crippen LogP contribution in [0, 0.1) is 0 Å². The van der Waals surface area contributed by atoms with E-state index in [4.69, 9.17) is 5.11 Å². The fourth-order valence-electron chi connectivity index (χ4n) is 2.02. The highest BCUT2D eigenvalue weighted by Gasteiger charge is 2.24. The van der Waals surface area contributed by atoms with Gasteiger partial charge in [-0.05, 0) is 25.0 Å². The van der Waals surface area contributed by atoms with Crippen molar-refractivity contribution in [2.45, 2.75) is 25.4 Å². The van der Waals surface area contributed by atoms with Gasteiger partial charge in [0.2, 0.25) is 0 Å². The smallest absolute Gasteiger partial charge is 0.405 e. The molecule has 1 aliphatic rings. The van der Waals surface area contributed by atoms with E-state index in [1.807, 2.05) is 31.2 Å². The third-order valence-corrected chi connectivity index (χ3v) is 2.63. The number of hydrogen-bond acceptors (Lipinski definition) is 2. The number of rotatable bonds is 1. The van der Waals surface area contributed by atoms with Crippen molar-refractivity contribution in [1.29, 1.82) is 0 Å². The highest BCUT2D eigenvalue weighted by Crippen LogP contribution is 2.31. The lowest BCUT2D eigenvalue weighted by Crippen LogP contribution is -2.35. The van der Waals surface area contributed by atoms with Gasteiger partial charge in [0.15, 0.2) is 0 Å². The lowest BCUT2D eigenvalue weighted by Gasteiger charge is -2.31. The molecule has 1 amide bonds. The standard InChI is InChI=1S/C11H14N2O2/c1-7-6-10(13-11(14)15)8-4-2-3-5-9(8)12-7/h2-5,7,10,12-13H,6H2,1H3,(H,14,15)/t7-,10+/m0/s1. The van der Waals surface area contributed by atoms with Crippen LogP contribution in [-0.2, 0) is 0 Å². The summed E-state index contributed by atoms with van der Waals surface area (Å²) in [5.74, 6) is 0. The van der Waals surface area contributed by atoms with Gasteiger partial charge >= 0.3 is 6.09 Å². The zero-order valence-corrected chi connectivity index (χ0v) is 8.53. The van der Waals surface area contributed by atoms with Gasteiger partial charge in [0.1, 0.15) is 0 Å². The van der Waals surface area contributed by atoms with E-state index in [0.29, 0.717) is 0 Å². The van der Waals surface area contributed by atoms with E-state index in [-0.39, 0.29) is 12.1 Å². The van der Waals surface area contributed by atoms with Crippen LogP contribution >= 0.6 is 0 Å². The molecule has 0 bridgehead atoms. The van der Waals surface area contributed by atoms with Crippen LogP contribution in [0.4, 0.5) is 10.5 Å². The van der Waals surface area contributed by atoms with Gasteiger partial charge in [-0.2, -0.15) is 0 Å². The van der Waals surface area contributed by atoms with Crippen molar-refractivity contribution in [2.75, 3.05) is 5.32 Å². The topological polar surface area (TPSA) is 61.4 Å². The molecule has 0 saturated heterocycles. The number of para-hydroxylation sites is 1. The predicted molar refractivity (Wildman–Crippen MR) is 58.0 cm³/mol. The summed E-state index contributed by atoms with van der Waals surface area (Å²) in [6.07, 6.45) is -0.188. The summed E-state index contributed by atoms with van der Waals surface area (Å²) >= 11 is 0. The van der Waals surface area contributed by atoms with Crippen molar-refractivity contribution in [3.63, 3.8) is 0 Å². The molecule has 80 valence electrons. The quantitative estimate of drug-likeness (QED) is 0.660. The highest BCUT2D eigenvalue weighted by molar-refractivity contribution is 5.67. The minimum Gasteiger partial charge on any atom is -0.465 e. The molecule has 0 aliphatic carbocycles. The van der Waals surface area contributed by atoms with E-state index in [1.54, 1.807) is 0 Å². The number of benzene rings is 1. The summed E-state index contributed by atoms with van der Waals surface area (Å²) in [7, 11) is 0. The number of anilines is 1. The van der Waals surface area contributed by atoms with Crippen LogP contribution in [0.5, 0.6) is 0 Å². The van der Waals surface area contributed by atoms with Crippen molar-refractivity contribution >= 4 is 11.8 Å². The molecule has 2 atom stereocenters. The average Bonchev–Trinajstić information content (AvgIpc) is 2.16. The lowest BCUT2D eigenvalue weighted by molar-refractivity contribution is 0.188. The largest absolute Gasteiger partial charge is 0.465 e. The molecule has 0 fully saturated rings. The molecular weight excluding hydrogens is 192 g/mol. The maximum atomic E-state index is 10.7. The lowest BCUT2D eigenvalue weighted by atomic mass is 9.94. The van der Waals surface area contributed by atoms with Crippen LogP contribution in [0.15, 0.2) is 24.3 Å². The third kappa shape index (κ3) is 2.03. The second kappa shape index (κ2) is 3.81. The van der Waals surface area contributed by atoms with Crippen LogP contribution in [0.25, 0.3) is 0 Å². The molecule has 4 nitrogen and oxygen atoms in total. The van der Waals surface area contributed by atoms with Crippen LogP contribution in [0.3, 0.4) is 0 Å². The number of carboxylic acid groups (broad SMARTS) is 1. The van der Waals surface area contributed by atoms with Gasteiger partial charge in [-0.3, -0.25) is 0 Å². The van der Waals surface area contributed by atoms with Gasteiger partial charge in [-0.15, -0.1) is 0 Å². The Kier molecular flexibility index (Phi) is 2.49. The van der Waals surface area contributed by atoms with Crippen molar-refractivity contribution in [3.8, 4) is 0 Å². The van der Waals surface area contributed by atoms with E-state index in [1.165, 1.54) is 0 Å². The fourth-order valence-corrected chi connectivity index (χ4v) is 2.02. The number of fused-ring (bicyclic) bond motifs is 1. The van der Waals surface area contributed by atoms with Crippen molar-refractivity contribution < 1.29 is 9.90 Å². The summed E-state index contributed by atoms with van der Waals surface area (Å²) in [6.45, 7) is 2.05. The van der Waals surface area contributed by atoms with Crippen molar-refractivity contribution in [2.24, 2.45) is 0 Å². The van der Waals surface area contributed by atoms with Gasteiger partial charge in [0, 0.05) is 11.7 Å². The Morgan fingerprint density at radius 2 is 2.27 bits per heavy atom. The molecule has 2 rings (SSSR count). The molecular formula is C11H14N2O2. The Hall–Kier alpha value is -1.71. The molecule has 0 aromatic heterocycles. The molecule has 1 aliphatic heterocycles. The Bertz CT molecular complexity index is 379. The molecule has 3 N–H and O–H groups in total. The van der Waals surface area contributed by atoms with Crippen LogP contribution in [0.1, 0.15) is 24.9 Å². The molecule has 1 heterocycles. The summed E-state index contributed by atoms with van der Waals surface area (Å²) in [4.78, 5) is 10.7. The first-order valence-corrected chi connectivity index (χ1v) is 5.01. The van der Waals surface area contributed by atoms with Gasteiger partial charge < -0.3 is 15.7 Å². The van der Waals surface area contributed by atoms with E-state index < -0.39 is 6.09 Å². The van der Waals surface area contributed by atoms with Gasteiger partial charge in [-0.25, -0.2) is 4.79 Å². The minimum absolute atomic E-state index is 0.102. The Labute approximate surface area is 88.3 Å². The van der Waals surface area contributed by atoms with E-state index in [2.05, 4.69) is 10.6 Å². The van der Waals surface area contributed by atoms with Crippen LogP contribution in [-0.4, -0.2) is 17.2 Å². The van der Waals surface area contributed by atoms with E-state index >= 15 is 0 Å². The van der Waals surface area contributed by atoms with Crippen molar-refractivity contribution in [1.82, 2.24) is 5.32 Å². The van der Waals surface area contributed by atoms with Gasteiger partial charge in [0.05, 0.1) is 6.04 Å². The Morgan fingerprint density at radius 1 is 1.53 bits per heavy atom. The SMILES string of the molecule is C[C@H]1C[C@@H](NC(=O)O)c2ccccc2N1. The van der Waals surface area contributed by atoms with E-state index in [9.17, 15) is 4.79 Å². The maximum Gasteiger partial charge on any atom is 0.405 e.